The zero-order chi connectivity index (χ0) is 23.1. The number of rotatable bonds is 7. The fraction of sp³-hybridized carbons (Fsp3) is 0.273. The highest BCUT2D eigenvalue weighted by Crippen LogP contribution is 2.30. The number of methoxy groups -OCH3 is 4. The number of benzene rings is 1. The number of aromatic nitrogens is 1. The first-order valence-electron chi connectivity index (χ1n) is 9.13. The highest BCUT2D eigenvalue weighted by atomic mass is 16.5. The largest absolute Gasteiger partial charge is 0.466 e. The van der Waals surface area contributed by atoms with Crippen LogP contribution in [0, 0.1) is 6.92 Å². The number of carbonyl (C=O) groups excluding carboxylic acids is 4. The highest BCUT2D eigenvalue weighted by Gasteiger charge is 2.33. The van der Waals surface area contributed by atoms with Crippen molar-refractivity contribution in [1.29, 1.82) is 0 Å². The molecule has 0 unspecified atom stereocenters. The van der Waals surface area contributed by atoms with Crippen LogP contribution in [0.4, 0.5) is 0 Å². The predicted octanol–water partition coefficient (Wildman–Crippen LogP) is 2.15. The van der Waals surface area contributed by atoms with E-state index in [1.807, 2.05) is 18.2 Å². The maximum absolute atomic E-state index is 12.7. The van der Waals surface area contributed by atoms with Gasteiger partial charge in [0.25, 0.3) is 0 Å². The van der Waals surface area contributed by atoms with Crippen LogP contribution in [0.2, 0.25) is 0 Å². The van der Waals surface area contributed by atoms with Gasteiger partial charge in [-0.05, 0) is 12.5 Å². The van der Waals surface area contributed by atoms with E-state index < -0.39 is 23.9 Å². The fourth-order valence-corrected chi connectivity index (χ4v) is 3.20. The molecule has 9 nitrogen and oxygen atoms in total. The molecule has 1 heterocycles. The van der Waals surface area contributed by atoms with Crippen LogP contribution in [-0.4, -0.2) is 56.9 Å². The number of carbonyl (C=O) groups is 4. The highest BCUT2D eigenvalue weighted by molar-refractivity contribution is 6.16. The molecule has 9 heteroatoms. The summed E-state index contributed by atoms with van der Waals surface area (Å²) in [6, 6.07) is 9.06. The summed E-state index contributed by atoms with van der Waals surface area (Å²) in [6.07, 6.45) is 1.06. The number of hydrogen-bond donors (Lipinski definition) is 0. The molecule has 0 saturated carbocycles. The van der Waals surface area contributed by atoms with Crippen molar-refractivity contribution in [2.24, 2.45) is 0 Å². The minimum Gasteiger partial charge on any atom is -0.466 e. The van der Waals surface area contributed by atoms with Crippen molar-refractivity contribution < 1.29 is 38.1 Å². The van der Waals surface area contributed by atoms with E-state index in [1.165, 1.54) is 25.7 Å². The van der Waals surface area contributed by atoms with Crippen LogP contribution in [0.3, 0.4) is 0 Å². The SMILES string of the molecule is COC(=O)/C=C(/C(=O)OC)n1c(C)c(C(=O)OC)c(C(=O)OC)c1Cc1ccccc1. The standard InChI is InChI=1S/C22H23NO8/c1-13-18(21(26)30-4)19(22(27)31-5)15(11-14-9-7-6-8-10-14)23(13)16(20(25)29-3)12-17(24)28-2/h6-10,12H,11H2,1-5H3/b16-12-. The van der Waals surface area contributed by atoms with E-state index in [1.54, 1.807) is 12.1 Å². The molecule has 0 radical (unpaired) electrons. The molecular weight excluding hydrogens is 406 g/mol. The molecule has 0 aliphatic carbocycles. The lowest BCUT2D eigenvalue weighted by atomic mass is 10.0. The molecule has 0 N–H and O–H groups in total. The average Bonchev–Trinajstić information content (AvgIpc) is 3.07. The Morgan fingerprint density at radius 2 is 1.42 bits per heavy atom. The van der Waals surface area contributed by atoms with Crippen molar-refractivity contribution in [3.63, 3.8) is 0 Å². The van der Waals surface area contributed by atoms with Gasteiger partial charge >= 0.3 is 23.9 Å². The molecule has 0 bridgehead atoms. The van der Waals surface area contributed by atoms with Gasteiger partial charge in [0.05, 0.1) is 45.6 Å². The lowest BCUT2D eigenvalue weighted by molar-refractivity contribution is -0.137. The first kappa shape index (κ1) is 23.4. The lowest BCUT2D eigenvalue weighted by Crippen LogP contribution is -2.17. The molecule has 31 heavy (non-hydrogen) atoms. The molecule has 2 rings (SSSR count). The molecule has 1 aromatic heterocycles. The van der Waals surface area contributed by atoms with E-state index in [-0.39, 0.29) is 34.6 Å². The Kier molecular flexibility index (Phi) is 7.73. The van der Waals surface area contributed by atoms with Gasteiger partial charge in [0, 0.05) is 17.8 Å². The van der Waals surface area contributed by atoms with Gasteiger partial charge in [-0.15, -0.1) is 0 Å². The van der Waals surface area contributed by atoms with Crippen molar-refractivity contribution in [2.45, 2.75) is 13.3 Å². The van der Waals surface area contributed by atoms with Gasteiger partial charge in [0.1, 0.15) is 5.70 Å². The molecule has 2 aromatic rings. The van der Waals surface area contributed by atoms with Crippen molar-refractivity contribution in [2.75, 3.05) is 28.4 Å². The Balaban J connectivity index is 2.96. The van der Waals surface area contributed by atoms with Crippen molar-refractivity contribution in [3.8, 4) is 0 Å². The van der Waals surface area contributed by atoms with Crippen LogP contribution in [-0.2, 0) is 35.0 Å². The van der Waals surface area contributed by atoms with Crippen LogP contribution in [0.5, 0.6) is 0 Å². The summed E-state index contributed by atoms with van der Waals surface area (Å²) in [5.41, 5.74) is 0.828. The first-order valence-corrected chi connectivity index (χ1v) is 9.13. The third kappa shape index (κ3) is 4.82. The van der Waals surface area contributed by atoms with E-state index in [2.05, 4.69) is 4.74 Å². The Bertz CT molecular complexity index is 1030. The maximum Gasteiger partial charge on any atom is 0.355 e. The summed E-state index contributed by atoms with van der Waals surface area (Å²) in [7, 11) is 4.64. The van der Waals surface area contributed by atoms with E-state index in [0.29, 0.717) is 0 Å². The molecular formula is C22H23NO8. The predicted molar refractivity (Wildman–Crippen MR) is 109 cm³/mol. The molecule has 0 atom stereocenters. The summed E-state index contributed by atoms with van der Waals surface area (Å²) in [4.78, 5) is 49.8. The molecule has 0 aliphatic rings. The number of nitrogens with zero attached hydrogens (tertiary/aromatic N) is 1. The van der Waals surface area contributed by atoms with Crippen molar-refractivity contribution >= 4 is 29.6 Å². The zero-order valence-corrected chi connectivity index (χ0v) is 17.9. The topological polar surface area (TPSA) is 110 Å². The lowest BCUT2D eigenvalue weighted by Gasteiger charge is -2.15. The fourth-order valence-electron chi connectivity index (χ4n) is 3.20. The minimum atomic E-state index is -0.870. The molecule has 0 fully saturated rings. The molecule has 0 saturated heterocycles. The van der Waals surface area contributed by atoms with Crippen LogP contribution >= 0.6 is 0 Å². The molecule has 164 valence electrons. The second-order valence-electron chi connectivity index (χ2n) is 6.31. The van der Waals surface area contributed by atoms with Crippen LogP contribution in [0.15, 0.2) is 36.4 Å². The number of ether oxygens (including phenoxy) is 4. The summed E-state index contributed by atoms with van der Waals surface area (Å²) in [6.45, 7) is 1.52. The van der Waals surface area contributed by atoms with Gasteiger partial charge in [0.2, 0.25) is 0 Å². The van der Waals surface area contributed by atoms with E-state index in [0.717, 1.165) is 25.9 Å². The molecule has 0 amide bonds. The Morgan fingerprint density at radius 1 is 0.839 bits per heavy atom. The normalized spacial score (nSPS) is 10.9. The first-order chi connectivity index (χ1) is 14.8. The summed E-state index contributed by atoms with van der Waals surface area (Å²) >= 11 is 0. The van der Waals surface area contributed by atoms with Gasteiger partial charge in [-0.25, -0.2) is 19.2 Å². The van der Waals surface area contributed by atoms with Gasteiger partial charge in [0.15, 0.2) is 0 Å². The maximum atomic E-state index is 12.7. The Labute approximate surface area is 179 Å². The van der Waals surface area contributed by atoms with E-state index >= 15 is 0 Å². The Morgan fingerprint density at radius 3 is 1.94 bits per heavy atom. The third-order valence-electron chi connectivity index (χ3n) is 4.59. The summed E-state index contributed by atoms with van der Waals surface area (Å²) in [5, 5.41) is 0. The van der Waals surface area contributed by atoms with E-state index in [4.69, 9.17) is 14.2 Å². The van der Waals surface area contributed by atoms with Crippen LogP contribution in [0.1, 0.15) is 37.7 Å². The van der Waals surface area contributed by atoms with Crippen molar-refractivity contribution in [1.82, 2.24) is 4.57 Å². The van der Waals surface area contributed by atoms with Crippen molar-refractivity contribution in [3.05, 3.63) is 64.5 Å². The van der Waals surface area contributed by atoms with Gasteiger partial charge in [-0.3, -0.25) is 0 Å². The number of esters is 4. The minimum absolute atomic E-state index is 0.0737. The smallest absolute Gasteiger partial charge is 0.355 e. The second-order valence-corrected chi connectivity index (χ2v) is 6.31. The number of hydrogen-bond acceptors (Lipinski definition) is 8. The molecule has 1 aromatic carbocycles. The summed E-state index contributed by atoms with van der Waals surface area (Å²) < 4.78 is 20.5. The van der Waals surface area contributed by atoms with Crippen LogP contribution in [0.25, 0.3) is 5.70 Å². The van der Waals surface area contributed by atoms with Crippen LogP contribution < -0.4 is 0 Å². The van der Waals surface area contributed by atoms with Gasteiger partial charge < -0.3 is 23.5 Å². The molecule has 0 spiro atoms. The summed E-state index contributed by atoms with van der Waals surface area (Å²) in [5.74, 6) is -3.28. The zero-order valence-electron chi connectivity index (χ0n) is 17.9. The van der Waals surface area contributed by atoms with E-state index in [9.17, 15) is 19.2 Å². The molecule has 0 aliphatic heterocycles. The van der Waals surface area contributed by atoms with Gasteiger partial charge in [-0.2, -0.15) is 0 Å². The Hall–Kier alpha value is -3.88. The quantitative estimate of drug-likeness (QED) is 0.374. The third-order valence-corrected chi connectivity index (χ3v) is 4.59. The average molecular weight is 429 g/mol. The van der Waals surface area contributed by atoms with Gasteiger partial charge in [-0.1, -0.05) is 30.3 Å². The second kappa shape index (κ2) is 10.2. The monoisotopic (exact) mass is 429 g/mol.